The summed E-state index contributed by atoms with van der Waals surface area (Å²) >= 11 is 0. The van der Waals surface area contributed by atoms with E-state index in [0.29, 0.717) is 6.54 Å². The molecule has 25 heavy (non-hydrogen) atoms. The second-order valence-corrected chi connectivity index (χ2v) is 6.07. The Bertz CT molecular complexity index is 729. The first-order chi connectivity index (χ1) is 12.0. The van der Waals surface area contributed by atoms with Crippen molar-refractivity contribution in [1.29, 1.82) is 0 Å². The Morgan fingerprint density at radius 1 is 1.12 bits per heavy atom. The second kappa shape index (κ2) is 8.99. The zero-order chi connectivity index (χ0) is 18.2. The molecule has 0 radical (unpaired) electrons. The molecule has 0 aromatic heterocycles. The Morgan fingerprint density at radius 2 is 1.84 bits per heavy atom. The van der Waals surface area contributed by atoms with E-state index in [-0.39, 0.29) is 12.3 Å². The number of benzene rings is 2. The molecule has 3 N–H and O–H groups in total. The average molecular weight is 340 g/mol. The van der Waals surface area contributed by atoms with Crippen molar-refractivity contribution in [1.82, 2.24) is 0 Å². The Morgan fingerprint density at radius 3 is 2.48 bits per heavy atom. The standard InChI is InChI=1S/C20H24N2O3/c1-3-16-11-7-8-14(2)19(16)22-18(23)12-17(20(24)25)21-13-15-9-5-4-6-10-15/h4-11,17,21H,3,12-13H2,1-2H3,(H,22,23)(H,24,25)/t17-/m0/s1. The van der Waals surface area contributed by atoms with Crippen LogP contribution in [0.1, 0.15) is 30.0 Å². The van der Waals surface area contributed by atoms with Crippen LogP contribution in [0.15, 0.2) is 48.5 Å². The summed E-state index contributed by atoms with van der Waals surface area (Å²) in [6.07, 6.45) is 0.661. The van der Waals surface area contributed by atoms with E-state index in [1.165, 1.54) is 0 Å². The molecule has 2 aromatic carbocycles. The van der Waals surface area contributed by atoms with Crippen molar-refractivity contribution in [3.8, 4) is 0 Å². The Kier molecular flexibility index (Phi) is 6.71. The van der Waals surface area contributed by atoms with Crippen LogP contribution in [0.5, 0.6) is 0 Å². The zero-order valence-corrected chi connectivity index (χ0v) is 14.6. The van der Waals surface area contributed by atoms with E-state index in [0.717, 1.165) is 28.8 Å². The number of aliphatic carboxylic acids is 1. The fraction of sp³-hybridized carbons (Fsp3) is 0.300. The molecule has 1 amide bonds. The maximum absolute atomic E-state index is 12.3. The van der Waals surface area contributed by atoms with Gasteiger partial charge in [0.2, 0.25) is 5.91 Å². The molecule has 0 unspecified atom stereocenters. The molecule has 0 spiro atoms. The molecule has 132 valence electrons. The van der Waals surface area contributed by atoms with Gasteiger partial charge in [-0.05, 0) is 24.5 Å². The summed E-state index contributed by atoms with van der Waals surface area (Å²) in [6, 6.07) is 14.4. The van der Waals surface area contributed by atoms with Crippen molar-refractivity contribution in [2.45, 2.75) is 39.3 Å². The molecule has 0 aliphatic carbocycles. The van der Waals surface area contributed by atoms with Crippen LogP contribution < -0.4 is 15.7 Å². The number of hydrogen-bond donors (Lipinski definition) is 2. The summed E-state index contributed by atoms with van der Waals surface area (Å²) in [5, 5.41) is 15.9. The average Bonchev–Trinajstić information content (AvgIpc) is 2.61. The van der Waals surface area contributed by atoms with Gasteiger partial charge in [0.05, 0.1) is 12.4 Å². The maximum Gasteiger partial charge on any atom is 0.230 e. The first kappa shape index (κ1) is 18.7. The summed E-state index contributed by atoms with van der Waals surface area (Å²) < 4.78 is 0. The normalized spacial score (nSPS) is 11.8. The number of aryl methyl sites for hydroxylation is 2. The number of quaternary nitrogens is 1. The van der Waals surface area contributed by atoms with E-state index < -0.39 is 12.0 Å². The fourth-order valence-electron chi connectivity index (χ4n) is 2.75. The van der Waals surface area contributed by atoms with Crippen LogP contribution in [0, 0.1) is 6.92 Å². The number of carbonyl (C=O) groups excluding carboxylic acids is 2. The number of nitrogens with one attached hydrogen (secondary N) is 1. The van der Waals surface area contributed by atoms with Crippen LogP contribution in [0.4, 0.5) is 5.69 Å². The molecule has 2 aromatic rings. The van der Waals surface area contributed by atoms with Crippen molar-refractivity contribution < 1.29 is 20.0 Å². The van der Waals surface area contributed by atoms with E-state index in [9.17, 15) is 14.7 Å². The van der Waals surface area contributed by atoms with Gasteiger partial charge in [-0.15, -0.1) is 0 Å². The lowest BCUT2D eigenvalue weighted by Crippen LogP contribution is -2.92. The van der Waals surface area contributed by atoms with Gasteiger partial charge in [0.15, 0.2) is 0 Å². The van der Waals surface area contributed by atoms with Crippen LogP contribution in [0.3, 0.4) is 0 Å². The van der Waals surface area contributed by atoms with E-state index >= 15 is 0 Å². The van der Waals surface area contributed by atoms with Crippen molar-refractivity contribution in [2.24, 2.45) is 0 Å². The summed E-state index contributed by atoms with van der Waals surface area (Å²) in [7, 11) is 0. The summed E-state index contributed by atoms with van der Waals surface area (Å²) in [5.74, 6) is -1.55. The highest BCUT2D eigenvalue weighted by molar-refractivity contribution is 5.94. The Hall–Kier alpha value is -2.66. The smallest absolute Gasteiger partial charge is 0.230 e. The minimum absolute atomic E-state index is 0.132. The number of para-hydroxylation sites is 1. The van der Waals surface area contributed by atoms with Gasteiger partial charge in [-0.25, -0.2) is 0 Å². The molecule has 0 heterocycles. The first-order valence-corrected chi connectivity index (χ1v) is 8.47. The fourth-order valence-corrected chi connectivity index (χ4v) is 2.75. The highest BCUT2D eigenvalue weighted by Gasteiger charge is 2.19. The predicted molar refractivity (Wildman–Crippen MR) is 94.7 cm³/mol. The molecule has 5 nitrogen and oxygen atoms in total. The van der Waals surface area contributed by atoms with Gasteiger partial charge in [0.25, 0.3) is 0 Å². The van der Waals surface area contributed by atoms with Gasteiger partial charge >= 0.3 is 0 Å². The van der Waals surface area contributed by atoms with Crippen molar-refractivity contribution in [2.75, 3.05) is 5.32 Å². The summed E-state index contributed by atoms with van der Waals surface area (Å²) in [4.78, 5) is 23.7. The van der Waals surface area contributed by atoms with Crippen molar-refractivity contribution in [3.05, 3.63) is 65.2 Å². The van der Waals surface area contributed by atoms with Crippen molar-refractivity contribution in [3.63, 3.8) is 0 Å². The number of rotatable bonds is 8. The number of carbonyl (C=O) groups is 2. The molecule has 0 saturated carbocycles. The van der Waals surface area contributed by atoms with Crippen LogP contribution in [-0.4, -0.2) is 17.9 Å². The monoisotopic (exact) mass is 340 g/mol. The summed E-state index contributed by atoms with van der Waals surface area (Å²) in [6.45, 7) is 4.42. The molecule has 0 aliphatic rings. The Balaban J connectivity index is 2.00. The van der Waals surface area contributed by atoms with Crippen LogP contribution in [0.2, 0.25) is 0 Å². The van der Waals surface area contributed by atoms with Crippen LogP contribution >= 0.6 is 0 Å². The lowest BCUT2D eigenvalue weighted by atomic mass is 10.1. The van der Waals surface area contributed by atoms with Gasteiger partial charge < -0.3 is 20.5 Å². The highest BCUT2D eigenvalue weighted by Crippen LogP contribution is 2.21. The lowest BCUT2D eigenvalue weighted by molar-refractivity contribution is -0.697. The number of amides is 1. The van der Waals surface area contributed by atoms with Gasteiger partial charge in [0, 0.05) is 11.3 Å². The second-order valence-electron chi connectivity index (χ2n) is 6.07. The van der Waals surface area contributed by atoms with Gasteiger partial charge in [-0.2, -0.15) is 0 Å². The molecule has 2 rings (SSSR count). The number of carboxylic acids is 1. The lowest BCUT2D eigenvalue weighted by Gasteiger charge is -2.18. The predicted octanol–water partition coefficient (Wildman–Crippen LogP) is 0.768. The minimum atomic E-state index is -1.23. The van der Waals surface area contributed by atoms with Crippen molar-refractivity contribution >= 4 is 17.6 Å². The minimum Gasteiger partial charge on any atom is -0.544 e. The molecule has 5 heteroatoms. The number of carboxylic acid groups (broad SMARTS) is 1. The largest absolute Gasteiger partial charge is 0.544 e. The molecule has 0 saturated heterocycles. The van der Waals surface area contributed by atoms with Crippen LogP contribution in [-0.2, 0) is 22.6 Å². The third-order valence-electron chi connectivity index (χ3n) is 4.19. The molecular formula is C20H24N2O3. The third kappa shape index (κ3) is 5.43. The molecule has 0 bridgehead atoms. The van der Waals surface area contributed by atoms with Gasteiger partial charge in [0.1, 0.15) is 12.6 Å². The van der Waals surface area contributed by atoms with E-state index in [1.807, 2.05) is 62.4 Å². The topological polar surface area (TPSA) is 85.8 Å². The SMILES string of the molecule is CCc1cccc(C)c1NC(=O)C[C@H]([NH2+]Cc1ccccc1)C(=O)[O-]. The Labute approximate surface area is 148 Å². The quantitative estimate of drug-likeness (QED) is 0.744. The number of nitrogens with two attached hydrogens (primary N) is 1. The number of hydrogen-bond acceptors (Lipinski definition) is 3. The molecule has 1 atom stereocenters. The number of anilines is 1. The van der Waals surface area contributed by atoms with E-state index in [4.69, 9.17) is 0 Å². The van der Waals surface area contributed by atoms with E-state index in [1.54, 1.807) is 5.32 Å². The summed E-state index contributed by atoms with van der Waals surface area (Å²) in [5.41, 5.74) is 3.77. The third-order valence-corrected chi connectivity index (χ3v) is 4.19. The molecule has 0 aliphatic heterocycles. The van der Waals surface area contributed by atoms with Gasteiger partial charge in [-0.1, -0.05) is 55.5 Å². The maximum atomic E-state index is 12.3. The van der Waals surface area contributed by atoms with E-state index in [2.05, 4.69) is 5.32 Å². The highest BCUT2D eigenvalue weighted by atomic mass is 16.4. The van der Waals surface area contributed by atoms with Crippen LogP contribution in [0.25, 0.3) is 0 Å². The molecular weight excluding hydrogens is 316 g/mol. The zero-order valence-electron chi connectivity index (χ0n) is 14.6. The van der Waals surface area contributed by atoms with Gasteiger partial charge in [-0.3, -0.25) is 4.79 Å². The first-order valence-electron chi connectivity index (χ1n) is 8.47. The molecule has 0 fully saturated rings.